The molecule has 5 aromatic rings. The molecule has 1 unspecified atom stereocenters. The van der Waals surface area contributed by atoms with E-state index >= 15 is 0 Å². The minimum atomic E-state index is 0.218. The molecular weight excluding hydrogens is 492 g/mol. The fourth-order valence-electron chi connectivity index (χ4n) is 7.11. The Bertz CT molecular complexity index is 1910. The molecule has 2 aliphatic rings. The van der Waals surface area contributed by atoms with Crippen molar-refractivity contribution in [3.05, 3.63) is 170 Å². The molecule has 5 aromatic carbocycles. The molecule has 0 saturated carbocycles. The molecule has 1 atom stereocenters. The van der Waals surface area contributed by atoms with Crippen molar-refractivity contribution in [3.63, 3.8) is 0 Å². The number of allylic oxidation sites excluding steroid dienone is 2. The molecule has 0 nitrogen and oxygen atoms in total. The number of hydrogen-bond donors (Lipinski definition) is 0. The maximum atomic E-state index is 3.95. The molecule has 0 bridgehead atoms. The summed E-state index contributed by atoms with van der Waals surface area (Å²) in [6.07, 6.45) is 5.93. The van der Waals surface area contributed by atoms with Crippen LogP contribution in [-0.2, 0) is 12.8 Å². The van der Waals surface area contributed by atoms with Crippen LogP contribution in [0.4, 0.5) is 0 Å². The first kappa shape index (κ1) is 25.5. The van der Waals surface area contributed by atoms with Crippen molar-refractivity contribution in [2.45, 2.75) is 46.5 Å². The lowest BCUT2D eigenvalue weighted by atomic mass is 9.80. The van der Waals surface area contributed by atoms with Crippen molar-refractivity contribution in [3.8, 4) is 11.1 Å². The van der Waals surface area contributed by atoms with Crippen molar-refractivity contribution in [1.82, 2.24) is 0 Å². The van der Waals surface area contributed by atoms with Crippen molar-refractivity contribution < 1.29 is 0 Å². The van der Waals surface area contributed by atoms with Crippen molar-refractivity contribution in [2.24, 2.45) is 0 Å². The van der Waals surface area contributed by atoms with Crippen molar-refractivity contribution >= 4 is 17.2 Å². The summed E-state index contributed by atoms with van der Waals surface area (Å²) < 4.78 is 0. The third kappa shape index (κ3) is 4.05. The third-order valence-corrected chi connectivity index (χ3v) is 9.26. The number of rotatable bonds is 5. The number of hydrogen-bond acceptors (Lipinski definition) is 0. The van der Waals surface area contributed by atoms with Gasteiger partial charge in [0.15, 0.2) is 0 Å². The Balaban J connectivity index is 1.68. The normalized spacial score (nSPS) is 14.9. The van der Waals surface area contributed by atoms with E-state index in [1.54, 1.807) is 0 Å². The SMILES string of the molecule is CCc1ccc2c(c1)[C]=c1c-2cc(=C(c2ccccc2)c2ccccc2)c(CC)c1C1C(C)=C(C)c2ccccc21. The van der Waals surface area contributed by atoms with E-state index in [0.717, 1.165) is 12.8 Å². The van der Waals surface area contributed by atoms with Gasteiger partial charge in [-0.15, -0.1) is 0 Å². The summed E-state index contributed by atoms with van der Waals surface area (Å²) in [4.78, 5) is 0. The molecule has 0 aromatic heterocycles. The average molecular weight is 528 g/mol. The van der Waals surface area contributed by atoms with Gasteiger partial charge >= 0.3 is 0 Å². The molecule has 0 saturated heterocycles. The van der Waals surface area contributed by atoms with Crippen molar-refractivity contribution in [1.29, 1.82) is 0 Å². The van der Waals surface area contributed by atoms with Crippen LogP contribution in [0, 0.1) is 0 Å². The first-order chi connectivity index (χ1) is 20.1. The lowest BCUT2D eigenvalue weighted by Crippen LogP contribution is -2.27. The summed E-state index contributed by atoms with van der Waals surface area (Å²) in [6.45, 7) is 9.20. The predicted octanol–water partition coefficient (Wildman–Crippen LogP) is 8.68. The molecule has 0 aliphatic heterocycles. The van der Waals surface area contributed by atoms with Crippen LogP contribution >= 0.6 is 0 Å². The smallest absolute Gasteiger partial charge is 0.0317 e. The maximum Gasteiger partial charge on any atom is 0.0317 e. The average Bonchev–Trinajstić information content (AvgIpc) is 3.51. The zero-order valence-electron chi connectivity index (χ0n) is 24.4. The second kappa shape index (κ2) is 10.2. The fraction of sp³-hybridized carbons (Fsp3) is 0.171. The van der Waals surface area contributed by atoms with Gasteiger partial charge < -0.3 is 0 Å². The second-order valence-corrected chi connectivity index (χ2v) is 11.4. The standard InChI is InChI=1S/C41H35/c1-5-28-21-22-34-31(23-28)24-37-36(34)25-38(40(29-15-9-7-10-16-29)30-17-11-8-12-18-30)32(6-2)41(37)39-27(4)26(3)33-19-13-14-20-35(33)39/h7-23,25,39H,5-6H2,1-4H3. The molecule has 2 aliphatic carbocycles. The van der Waals surface area contributed by atoms with E-state index < -0.39 is 0 Å². The van der Waals surface area contributed by atoms with E-state index in [-0.39, 0.29) is 5.92 Å². The molecule has 0 spiro atoms. The molecule has 41 heavy (non-hydrogen) atoms. The van der Waals surface area contributed by atoms with Crippen LogP contribution in [0.5, 0.6) is 0 Å². The number of fused-ring (bicyclic) bond motifs is 4. The lowest BCUT2D eigenvalue weighted by Gasteiger charge is -2.23. The third-order valence-electron chi connectivity index (χ3n) is 9.26. The molecule has 0 heterocycles. The van der Waals surface area contributed by atoms with E-state index in [9.17, 15) is 0 Å². The Morgan fingerprint density at radius 1 is 0.659 bits per heavy atom. The van der Waals surface area contributed by atoms with Gasteiger partial charge in [-0.3, -0.25) is 0 Å². The van der Waals surface area contributed by atoms with Crippen LogP contribution in [0.25, 0.3) is 28.3 Å². The fourth-order valence-corrected chi connectivity index (χ4v) is 7.11. The quantitative estimate of drug-likeness (QED) is 0.210. The van der Waals surface area contributed by atoms with Gasteiger partial charge in [-0.25, -0.2) is 0 Å². The van der Waals surface area contributed by atoms with Gasteiger partial charge in [0.2, 0.25) is 0 Å². The molecule has 0 amide bonds. The zero-order valence-corrected chi connectivity index (χ0v) is 24.4. The van der Waals surface area contributed by atoms with E-state index in [2.05, 4.69) is 143 Å². The minimum absolute atomic E-state index is 0.218. The van der Waals surface area contributed by atoms with E-state index in [0.29, 0.717) is 0 Å². The highest BCUT2D eigenvalue weighted by Crippen LogP contribution is 2.46. The Labute approximate surface area is 244 Å². The van der Waals surface area contributed by atoms with Gasteiger partial charge in [0, 0.05) is 5.92 Å². The van der Waals surface area contributed by atoms with E-state index in [1.165, 1.54) is 82.8 Å². The molecule has 0 N–H and O–H groups in total. The second-order valence-electron chi connectivity index (χ2n) is 11.4. The minimum Gasteiger partial charge on any atom is -0.0622 e. The van der Waals surface area contributed by atoms with Gasteiger partial charge in [0.05, 0.1) is 0 Å². The lowest BCUT2D eigenvalue weighted by molar-refractivity contribution is 0.921. The van der Waals surface area contributed by atoms with Crippen LogP contribution in [-0.4, -0.2) is 0 Å². The van der Waals surface area contributed by atoms with Crippen LogP contribution in [0.2, 0.25) is 0 Å². The Morgan fingerprint density at radius 2 is 1.32 bits per heavy atom. The molecule has 7 rings (SSSR count). The predicted molar refractivity (Wildman–Crippen MR) is 173 cm³/mol. The maximum absolute atomic E-state index is 3.95. The molecule has 0 heteroatoms. The molecule has 1 radical (unpaired) electrons. The van der Waals surface area contributed by atoms with Crippen molar-refractivity contribution in [2.75, 3.05) is 0 Å². The Kier molecular flexibility index (Phi) is 6.36. The number of benzene rings is 5. The van der Waals surface area contributed by atoms with Crippen LogP contribution < -0.4 is 10.4 Å². The topological polar surface area (TPSA) is 0 Å². The summed E-state index contributed by atoms with van der Waals surface area (Å²) in [6, 6.07) is 40.3. The van der Waals surface area contributed by atoms with Gasteiger partial charge in [0.25, 0.3) is 0 Å². The Hall–Kier alpha value is -4.42. The molecule has 0 fully saturated rings. The Morgan fingerprint density at radius 3 is 1.98 bits per heavy atom. The summed E-state index contributed by atoms with van der Waals surface area (Å²) in [7, 11) is 0. The van der Waals surface area contributed by atoms with Gasteiger partial charge in [-0.1, -0.05) is 123 Å². The first-order valence-electron chi connectivity index (χ1n) is 15.0. The van der Waals surface area contributed by atoms with Crippen LogP contribution in [0.3, 0.4) is 0 Å². The number of aryl methyl sites for hydroxylation is 1. The molecular formula is C41H35. The van der Waals surface area contributed by atoms with Gasteiger partial charge in [-0.2, -0.15) is 0 Å². The molecule has 199 valence electrons. The van der Waals surface area contributed by atoms with Crippen LogP contribution in [0.1, 0.15) is 78.1 Å². The largest absolute Gasteiger partial charge is 0.0622 e. The summed E-state index contributed by atoms with van der Waals surface area (Å²) in [5.41, 5.74) is 17.5. The van der Waals surface area contributed by atoms with Gasteiger partial charge in [0.1, 0.15) is 0 Å². The monoisotopic (exact) mass is 527 g/mol. The van der Waals surface area contributed by atoms with Gasteiger partial charge in [-0.05, 0) is 116 Å². The highest BCUT2D eigenvalue weighted by molar-refractivity contribution is 5.88. The summed E-state index contributed by atoms with van der Waals surface area (Å²) in [5, 5.41) is 2.62. The highest BCUT2D eigenvalue weighted by Gasteiger charge is 2.32. The van der Waals surface area contributed by atoms with E-state index in [4.69, 9.17) is 0 Å². The van der Waals surface area contributed by atoms with E-state index in [1.807, 2.05) is 0 Å². The zero-order chi connectivity index (χ0) is 28.1. The highest BCUT2D eigenvalue weighted by atomic mass is 14.4. The first-order valence-corrected chi connectivity index (χ1v) is 15.0. The van der Waals surface area contributed by atoms with Crippen LogP contribution in [0.15, 0.2) is 115 Å². The summed E-state index contributed by atoms with van der Waals surface area (Å²) in [5.74, 6) is 0.218. The summed E-state index contributed by atoms with van der Waals surface area (Å²) >= 11 is 0.